The molecule has 1 saturated heterocycles. The lowest BCUT2D eigenvalue weighted by molar-refractivity contribution is -0.132. The van der Waals surface area contributed by atoms with Crippen molar-refractivity contribution in [1.29, 1.82) is 0 Å². The third-order valence-electron chi connectivity index (χ3n) is 5.43. The van der Waals surface area contributed by atoms with Crippen molar-refractivity contribution in [3.8, 4) is 0 Å². The van der Waals surface area contributed by atoms with Crippen molar-refractivity contribution in [2.45, 2.75) is 50.5 Å². The van der Waals surface area contributed by atoms with Gasteiger partial charge in [0.05, 0.1) is 31.2 Å². The second-order valence-corrected chi connectivity index (χ2v) is 7.61. The van der Waals surface area contributed by atoms with Crippen LogP contribution in [0.1, 0.15) is 37.8 Å². The molecule has 1 aromatic carbocycles. The maximum Gasteiger partial charge on any atom is 0.223 e. The average Bonchev–Trinajstić information content (AvgIpc) is 2.75. The van der Waals surface area contributed by atoms with Gasteiger partial charge in [0, 0.05) is 19.1 Å². The summed E-state index contributed by atoms with van der Waals surface area (Å²) >= 11 is 0. The Morgan fingerprint density at radius 2 is 1.90 bits per heavy atom. The quantitative estimate of drug-likeness (QED) is 0.601. The fraction of sp³-hybridized carbons (Fsp3) is 0.545. The van der Waals surface area contributed by atoms with Gasteiger partial charge in [-0.2, -0.15) is 0 Å². The van der Waals surface area contributed by atoms with Crippen molar-refractivity contribution in [3.63, 3.8) is 0 Å². The maximum atomic E-state index is 12.4. The van der Waals surface area contributed by atoms with Crippen molar-refractivity contribution in [2.24, 2.45) is 5.92 Å². The number of aliphatic hydroxyl groups excluding tert-OH is 1. The topological polar surface area (TPSA) is 96.9 Å². The lowest BCUT2D eigenvalue weighted by Crippen LogP contribution is -2.51. The van der Waals surface area contributed by atoms with Crippen LogP contribution in [0, 0.1) is 5.92 Å². The normalized spacial score (nSPS) is 25.9. The van der Waals surface area contributed by atoms with Crippen LogP contribution in [0.4, 0.5) is 0 Å². The van der Waals surface area contributed by atoms with Crippen LogP contribution >= 0.6 is 0 Å². The van der Waals surface area contributed by atoms with E-state index in [4.69, 9.17) is 9.47 Å². The first-order chi connectivity index (χ1) is 14.1. The van der Waals surface area contributed by atoms with Gasteiger partial charge < -0.3 is 25.2 Å². The highest BCUT2D eigenvalue weighted by Gasteiger charge is 2.31. The molecule has 0 aromatic heterocycles. The van der Waals surface area contributed by atoms with E-state index in [-0.39, 0.29) is 36.8 Å². The monoisotopic (exact) mass is 402 g/mol. The number of hydrogen-bond acceptors (Lipinski definition) is 5. The van der Waals surface area contributed by atoms with Gasteiger partial charge in [-0.15, -0.1) is 0 Å². The fourth-order valence-corrected chi connectivity index (χ4v) is 3.69. The number of aliphatic hydroxyl groups is 1. The van der Waals surface area contributed by atoms with E-state index in [1.54, 1.807) is 6.08 Å². The third-order valence-corrected chi connectivity index (χ3v) is 5.43. The third kappa shape index (κ3) is 6.13. The van der Waals surface area contributed by atoms with E-state index in [1.165, 1.54) is 0 Å². The van der Waals surface area contributed by atoms with Gasteiger partial charge in [0.1, 0.15) is 6.10 Å². The summed E-state index contributed by atoms with van der Waals surface area (Å²) in [6.07, 6.45) is 4.16. The Hall–Kier alpha value is -2.22. The Kier molecular flexibility index (Phi) is 7.80. The van der Waals surface area contributed by atoms with E-state index in [0.717, 1.165) is 5.56 Å². The summed E-state index contributed by atoms with van der Waals surface area (Å²) in [4.78, 5) is 24.8. The van der Waals surface area contributed by atoms with Gasteiger partial charge in [-0.3, -0.25) is 9.59 Å². The SMILES string of the molecule is C[C@@H](NC(=O)C[C@@H]1C=C[C@@H](NC(=O)C2CCOCC2)[C@@H](CO)O1)c1ccccc1. The Labute approximate surface area is 171 Å². The minimum Gasteiger partial charge on any atom is -0.394 e. The van der Waals surface area contributed by atoms with Gasteiger partial charge in [-0.1, -0.05) is 42.5 Å². The number of hydrogen-bond donors (Lipinski definition) is 3. The number of benzene rings is 1. The predicted octanol–water partition coefficient (Wildman–Crippen LogP) is 1.48. The Balaban J connectivity index is 1.51. The molecule has 3 rings (SSSR count). The lowest BCUT2D eigenvalue weighted by Gasteiger charge is -2.33. The van der Waals surface area contributed by atoms with E-state index in [9.17, 15) is 14.7 Å². The van der Waals surface area contributed by atoms with Crippen molar-refractivity contribution < 1.29 is 24.2 Å². The summed E-state index contributed by atoms with van der Waals surface area (Å²) in [7, 11) is 0. The Bertz CT molecular complexity index is 702. The fourth-order valence-electron chi connectivity index (χ4n) is 3.69. The molecule has 0 saturated carbocycles. The highest BCUT2D eigenvalue weighted by Crippen LogP contribution is 2.19. The van der Waals surface area contributed by atoms with Crippen LogP contribution in [0.25, 0.3) is 0 Å². The van der Waals surface area contributed by atoms with Gasteiger partial charge in [0.2, 0.25) is 11.8 Å². The van der Waals surface area contributed by atoms with Crippen LogP contribution in [0.5, 0.6) is 0 Å². The van der Waals surface area contributed by atoms with Crippen LogP contribution in [-0.4, -0.2) is 55.0 Å². The molecule has 0 radical (unpaired) electrons. The number of ether oxygens (including phenoxy) is 2. The van der Waals surface area contributed by atoms with E-state index < -0.39 is 18.2 Å². The first-order valence-electron chi connectivity index (χ1n) is 10.2. The van der Waals surface area contributed by atoms with Gasteiger partial charge in [0.15, 0.2) is 0 Å². The molecule has 1 aromatic rings. The molecule has 0 aliphatic carbocycles. The Morgan fingerprint density at radius 3 is 2.59 bits per heavy atom. The molecule has 2 amide bonds. The second kappa shape index (κ2) is 10.5. The molecule has 0 unspecified atom stereocenters. The second-order valence-electron chi connectivity index (χ2n) is 7.61. The van der Waals surface area contributed by atoms with Crippen LogP contribution in [0.15, 0.2) is 42.5 Å². The van der Waals surface area contributed by atoms with Gasteiger partial charge in [0.25, 0.3) is 0 Å². The predicted molar refractivity (Wildman–Crippen MR) is 108 cm³/mol. The number of amides is 2. The van der Waals surface area contributed by atoms with Crippen LogP contribution in [0.2, 0.25) is 0 Å². The molecule has 29 heavy (non-hydrogen) atoms. The number of carbonyl (C=O) groups excluding carboxylic acids is 2. The molecule has 1 fully saturated rings. The van der Waals surface area contributed by atoms with Gasteiger partial charge in [-0.05, 0) is 25.3 Å². The van der Waals surface area contributed by atoms with E-state index >= 15 is 0 Å². The number of nitrogens with one attached hydrogen (secondary N) is 2. The standard InChI is InChI=1S/C22H30N2O5/c1-15(16-5-3-2-4-6-16)23-21(26)13-18-7-8-19(20(14-25)29-18)24-22(27)17-9-11-28-12-10-17/h2-8,15,17-20,25H,9-14H2,1H3,(H,23,26)(H,24,27)/t15-,18+,19-,20-/m1/s1. The first-order valence-corrected chi connectivity index (χ1v) is 10.2. The van der Waals surface area contributed by atoms with E-state index in [1.807, 2.05) is 43.3 Å². The molecule has 0 spiro atoms. The molecule has 7 heteroatoms. The molecule has 2 aliphatic rings. The highest BCUT2D eigenvalue weighted by molar-refractivity contribution is 5.79. The molecule has 7 nitrogen and oxygen atoms in total. The first kappa shape index (κ1) is 21.5. The average molecular weight is 402 g/mol. The minimum absolute atomic E-state index is 0.0436. The van der Waals surface area contributed by atoms with Crippen molar-refractivity contribution in [2.75, 3.05) is 19.8 Å². The molecule has 4 atom stereocenters. The van der Waals surface area contributed by atoms with E-state index in [0.29, 0.717) is 26.1 Å². The summed E-state index contributed by atoms with van der Waals surface area (Å²) < 4.78 is 11.1. The summed E-state index contributed by atoms with van der Waals surface area (Å²) in [6.45, 7) is 2.89. The molecule has 3 N–H and O–H groups in total. The smallest absolute Gasteiger partial charge is 0.223 e. The molecular formula is C22H30N2O5. The van der Waals surface area contributed by atoms with Crippen LogP contribution in [0.3, 0.4) is 0 Å². The summed E-state index contributed by atoms with van der Waals surface area (Å²) in [5.41, 5.74) is 1.03. The van der Waals surface area contributed by atoms with Gasteiger partial charge >= 0.3 is 0 Å². The summed E-state index contributed by atoms with van der Waals surface area (Å²) in [5, 5.41) is 15.6. The number of rotatable bonds is 7. The van der Waals surface area contributed by atoms with Crippen LogP contribution < -0.4 is 10.6 Å². The molecule has 0 bridgehead atoms. The van der Waals surface area contributed by atoms with Gasteiger partial charge in [-0.25, -0.2) is 0 Å². The van der Waals surface area contributed by atoms with Crippen molar-refractivity contribution in [1.82, 2.24) is 10.6 Å². The molecular weight excluding hydrogens is 372 g/mol. The summed E-state index contributed by atoms with van der Waals surface area (Å²) in [5.74, 6) is -0.241. The zero-order valence-electron chi connectivity index (χ0n) is 16.8. The summed E-state index contributed by atoms with van der Waals surface area (Å²) in [6, 6.07) is 9.24. The van der Waals surface area contributed by atoms with Crippen molar-refractivity contribution in [3.05, 3.63) is 48.0 Å². The zero-order valence-corrected chi connectivity index (χ0v) is 16.8. The minimum atomic E-state index is -0.576. The number of carbonyl (C=O) groups is 2. The molecule has 2 heterocycles. The highest BCUT2D eigenvalue weighted by atomic mass is 16.5. The Morgan fingerprint density at radius 1 is 1.17 bits per heavy atom. The zero-order chi connectivity index (χ0) is 20.6. The van der Waals surface area contributed by atoms with Crippen LogP contribution in [-0.2, 0) is 19.1 Å². The largest absolute Gasteiger partial charge is 0.394 e. The molecule has 158 valence electrons. The van der Waals surface area contributed by atoms with E-state index in [2.05, 4.69) is 10.6 Å². The van der Waals surface area contributed by atoms with Crippen molar-refractivity contribution >= 4 is 11.8 Å². The molecule has 2 aliphatic heterocycles. The maximum absolute atomic E-state index is 12.4. The lowest BCUT2D eigenvalue weighted by atomic mass is 9.97.